The molecule has 0 amide bonds. The van der Waals surface area contributed by atoms with Crippen LogP contribution < -0.4 is 0 Å². The van der Waals surface area contributed by atoms with Crippen molar-refractivity contribution in [2.75, 3.05) is 19.8 Å². The minimum absolute atomic E-state index is 0.169. The van der Waals surface area contributed by atoms with Gasteiger partial charge in [-0.2, -0.15) is 0 Å². The topological polar surface area (TPSA) is 55.8 Å². The minimum atomic E-state index is -0.674. The molecule has 18 heavy (non-hydrogen) atoms. The number of aromatic hydroxyl groups is 1. The van der Waals surface area contributed by atoms with E-state index in [1.165, 1.54) is 0 Å². The molecule has 0 aromatic heterocycles. The highest BCUT2D eigenvalue weighted by atomic mass is 16.5. The zero-order valence-electron chi connectivity index (χ0n) is 10.5. The summed E-state index contributed by atoms with van der Waals surface area (Å²) >= 11 is 0. The number of rotatable bonds is 3. The minimum Gasteiger partial charge on any atom is -0.508 e. The summed E-state index contributed by atoms with van der Waals surface area (Å²) in [6.07, 6.45) is 1.19. The fourth-order valence-corrected chi connectivity index (χ4v) is 2.40. The lowest BCUT2D eigenvalue weighted by atomic mass is 9.74. The van der Waals surface area contributed by atoms with Crippen LogP contribution in [-0.4, -0.2) is 30.9 Å². The molecule has 1 aliphatic rings. The summed E-state index contributed by atoms with van der Waals surface area (Å²) in [4.78, 5) is 12.3. The first-order chi connectivity index (χ1) is 8.69. The van der Waals surface area contributed by atoms with Crippen LogP contribution in [0.2, 0.25) is 0 Å². The van der Waals surface area contributed by atoms with E-state index in [1.54, 1.807) is 25.1 Å². The molecule has 1 aliphatic heterocycles. The molecule has 1 N–H and O–H groups in total. The van der Waals surface area contributed by atoms with Crippen molar-refractivity contribution in [2.45, 2.75) is 25.2 Å². The van der Waals surface area contributed by atoms with E-state index in [1.807, 2.05) is 6.07 Å². The molecule has 1 heterocycles. The summed E-state index contributed by atoms with van der Waals surface area (Å²) in [5.41, 5.74) is 0.136. The Morgan fingerprint density at radius 1 is 1.44 bits per heavy atom. The SMILES string of the molecule is CCOC(=O)C1(c2cccc(O)c2)CCOCC1. The quantitative estimate of drug-likeness (QED) is 0.834. The van der Waals surface area contributed by atoms with Gasteiger partial charge in [-0.05, 0) is 37.5 Å². The Hall–Kier alpha value is -1.55. The van der Waals surface area contributed by atoms with Crippen molar-refractivity contribution in [1.29, 1.82) is 0 Å². The standard InChI is InChI=1S/C14H18O4/c1-2-18-13(16)14(6-8-17-9-7-14)11-4-3-5-12(15)10-11/h3-5,10,15H,2,6-9H2,1H3. The third-order valence-corrected chi connectivity index (χ3v) is 3.41. The van der Waals surface area contributed by atoms with Crippen molar-refractivity contribution in [3.8, 4) is 5.75 Å². The van der Waals surface area contributed by atoms with Gasteiger partial charge < -0.3 is 14.6 Å². The fraction of sp³-hybridized carbons (Fsp3) is 0.500. The van der Waals surface area contributed by atoms with E-state index in [2.05, 4.69) is 0 Å². The van der Waals surface area contributed by atoms with Crippen LogP contribution in [0.25, 0.3) is 0 Å². The molecule has 98 valence electrons. The highest BCUT2D eigenvalue weighted by molar-refractivity contribution is 5.83. The van der Waals surface area contributed by atoms with Gasteiger partial charge >= 0.3 is 5.97 Å². The number of phenolic OH excluding ortho intramolecular Hbond substituents is 1. The first-order valence-corrected chi connectivity index (χ1v) is 6.23. The van der Waals surface area contributed by atoms with E-state index < -0.39 is 5.41 Å². The Labute approximate surface area is 107 Å². The molecular formula is C14H18O4. The number of ether oxygens (including phenoxy) is 2. The lowest BCUT2D eigenvalue weighted by molar-refractivity contribution is -0.154. The monoisotopic (exact) mass is 250 g/mol. The second kappa shape index (κ2) is 5.40. The summed E-state index contributed by atoms with van der Waals surface area (Å²) in [6, 6.07) is 6.85. The van der Waals surface area contributed by atoms with Gasteiger partial charge in [0, 0.05) is 13.2 Å². The lowest BCUT2D eigenvalue weighted by Crippen LogP contribution is -2.42. The van der Waals surface area contributed by atoms with Gasteiger partial charge in [0.2, 0.25) is 0 Å². The van der Waals surface area contributed by atoms with Gasteiger partial charge in [0.1, 0.15) is 5.75 Å². The molecule has 0 bridgehead atoms. The zero-order chi connectivity index (χ0) is 13.0. The molecule has 0 spiro atoms. The van der Waals surface area contributed by atoms with E-state index in [4.69, 9.17) is 9.47 Å². The lowest BCUT2D eigenvalue weighted by Gasteiger charge is -2.35. The van der Waals surface area contributed by atoms with E-state index >= 15 is 0 Å². The number of carbonyl (C=O) groups is 1. The summed E-state index contributed by atoms with van der Waals surface area (Å²) in [5, 5.41) is 9.59. The van der Waals surface area contributed by atoms with Crippen molar-refractivity contribution < 1.29 is 19.4 Å². The number of hydrogen-bond donors (Lipinski definition) is 1. The maximum Gasteiger partial charge on any atom is 0.316 e. The first-order valence-electron chi connectivity index (χ1n) is 6.23. The zero-order valence-corrected chi connectivity index (χ0v) is 10.5. The molecule has 1 fully saturated rings. The molecule has 1 saturated heterocycles. The van der Waals surface area contributed by atoms with E-state index in [-0.39, 0.29) is 11.7 Å². The van der Waals surface area contributed by atoms with Crippen molar-refractivity contribution in [3.63, 3.8) is 0 Å². The number of carbonyl (C=O) groups excluding carboxylic acids is 1. The van der Waals surface area contributed by atoms with Crippen LogP contribution in [0.5, 0.6) is 5.75 Å². The predicted molar refractivity (Wildman–Crippen MR) is 66.5 cm³/mol. The van der Waals surface area contributed by atoms with Crippen LogP contribution in [0.4, 0.5) is 0 Å². The van der Waals surface area contributed by atoms with Gasteiger partial charge in [0.25, 0.3) is 0 Å². The van der Waals surface area contributed by atoms with Gasteiger partial charge in [0.05, 0.1) is 12.0 Å². The molecule has 0 atom stereocenters. The summed E-state index contributed by atoms with van der Waals surface area (Å²) in [7, 11) is 0. The predicted octanol–water partition coefficient (Wildman–Crippen LogP) is 2.00. The van der Waals surface area contributed by atoms with Crippen LogP contribution in [0.3, 0.4) is 0 Å². The third-order valence-electron chi connectivity index (χ3n) is 3.41. The second-order valence-electron chi connectivity index (χ2n) is 4.47. The number of phenols is 1. The normalized spacial score (nSPS) is 18.3. The van der Waals surface area contributed by atoms with E-state index in [9.17, 15) is 9.90 Å². The van der Waals surface area contributed by atoms with Crippen LogP contribution in [-0.2, 0) is 19.7 Å². The molecule has 0 unspecified atom stereocenters. The maximum absolute atomic E-state index is 12.3. The number of esters is 1. The van der Waals surface area contributed by atoms with Crippen LogP contribution in [0.1, 0.15) is 25.3 Å². The average Bonchev–Trinajstić information content (AvgIpc) is 2.40. The molecule has 1 aromatic rings. The van der Waals surface area contributed by atoms with Gasteiger partial charge in [-0.15, -0.1) is 0 Å². The van der Waals surface area contributed by atoms with Gasteiger partial charge in [-0.25, -0.2) is 0 Å². The Bertz CT molecular complexity index is 422. The van der Waals surface area contributed by atoms with Crippen LogP contribution >= 0.6 is 0 Å². The van der Waals surface area contributed by atoms with Gasteiger partial charge in [-0.1, -0.05) is 12.1 Å². The molecule has 1 aromatic carbocycles. The highest BCUT2D eigenvalue weighted by Crippen LogP contribution is 2.37. The third kappa shape index (κ3) is 2.34. The molecule has 4 nitrogen and oxygen atoms in total. The maximum atomic E-state index is 12.3. The van der Waals surface area contributed by atoms with Crippen molar-refractivity contribution in [1.82, 2.24) is 0 Å². The highest BCUT2D eigenvalue weighted by Gasteiger charge is 2.43. The number of hydrogen-bond acceptors (Lipinski definition) is 4. The second-order valence-corrected chi connectivity index (χ2v) is 4.47. The average molecular weight is 250 g/mol. The Balaban J connectivity index is 2.38. The molecule has 0 saturated carbocycles. The fourth-order valence-electron chi connectivity index (χ4n) is 2.40. The van der Waals surface area contributed by atoms with E-state index in [0.717, 1.165) is 5.56 Å². The largest absolute Gasteiger partial charge is 0.508 e. The molecule has 0 aliphatic carbocycles. The van der Waals surface area contributed by atoms with Crippen molar-refractivity contribution in [3.05, 3.63) is 29.8 Å². The van der Waals surface area contributed by atoms with Crippen LogP contribution in [0.15, 0.2) is 24.3 Å². The van der Waals surface area contributed by atoms with Gasteiger partial charge in [-0.3, -0.25) is 4.79 Å². The molecule has 2 rings (SSSR count). The smallest absolute Gasteiger partial charge is 0.316 e. The first kappa shape index (κ1) is 12.9. The Kier molecular flexibility index (Phi) is 3.87. The van der Waals surface area contributed by atoms with Crippen molar-refractivity contribution in [2.24, 2.45) is 0 Å². The van der Waals surface area contributed by atoms with Crippen LogP contribution in [0, 0.1) is 0 Å². The summed E-state index contributed by atoms with van der Waals surface area (Å²) in [5.74, 6) is -0.0541. The van der Waals surface area contributed by atoms with Crippen molar-refractivity contribution >= 4 is 5.97 Å². The van der Waals surface area contributed by atoms with E-state index in [0.29, 0.717) is 32.7 Å². The summed E-state index contributed by atoms with van der Waals surface area (Å²) in [6.45, 7) is 3.23. The molecular weight excluding hydrogens is 232 g/mol. The Morgan fingerprint density at radius 3 is 2.78 bits per heavy atom. The summed E-state index contributed by atoms with van der Waals surface area (Å²) < 4.78 is 10.5. The van der Waals surface area contributed by atoms with Gasteiger partial charge in [0.15, 0.2) is 0 Å². The molecule has 0 radical (unpaired) electrons. The Morgan fingerprint density at radius 2 is 2.17 bits per heavy atom. The molecule has 4 heteroatoms. The number of benzene rings is 1.